The highest BCUT2D eigenvalue weighted by molar-refractivity contribution is 5.92. The number of hydrogen-bond donors (Lipinski definition) is 0. The lowest BCUT2D eigenvalue weighted by Crippen LogP contribution is -2.34. The summed E-state index contributed by atoms with van der Waals surface area (Å²) in [6.07, 6.45) is -4.76. The smallest absolute Gasteiger partial charge is 0.314 e. The lowest BCUT2D eigenvalue weighted by molar-refractivity contribution is -0.147. The molecule has 0 saturated heterocycles. The van der Waals surface area contributed by atoms with E-state index in [4.69, 9.17) is 0 Å². The highest BCUT2D eigenvalue weighted by Gasteiger charge is 2.38. The zero-order chi connectivity index (χ0) is 16.5. The number of rotatable bonds is 3. The van der Waals surface area contributed by atoms with E-state index in [-0.39, 0.29) is 0 Å². The maximum Gasteiger partial charge on any atom is 0.451 e. The molecule has 0 spiro atoms. The molecule has 1 amide bonds. The van der Waals surface area contributed by atoms with Gasteiger partial charge in [-0.3, -0.25) is 9.36 Å². The van der Waals surface area contributed by atoms with Crippen molar-refractivity contribution in [2.24, 2.45) is 7.05 Å². The minimum absolute atomic E-state index is 0.371. The molecule has 2 rings (SSSR count). The minimum Gasteiger partial charge on any atom is -0.314 e. The van der Waals surface area contributed by atoms with Gasteiger partial charge in [-0.15, -0.1) is 5.10 Å². The second-order valence-electron chi connectivity index (χ2n) is 4.61. The molecule has 0 aliphatic carbocycles. The Balaban J connectivity index is 2.25. The van der Waals surface area contributed by atoms with Crippen LogP contribution in [0.2, 0.25) is 0 Å². The van der Waals surface area contributed by atoms with Gasteiger partial charge in [-0.2, -0.15) is 13.2 Å². The first-order valence-electron chi connectivity index (χ1n) is 6.24. The van der Waals surface area contributed by atoms with Crippen LogP contribution >= 0.6 is 0 Å². The molecule has 1 aromatic carbocycles. The van der Waals surface area contributed by atoms with Crippen LogP contribution in [0.15, 0.2) is 35.1 Å². The molecular weight excluding hydrogens is 301 g/mol. The van der Waals surface area contributed by atoms with Crippen molar-refractivity contribution < 1.29 is 18.0 Å². The van der Waals surface area contributed by atoms with Crippen molar-refractivity contribution in [2.45, 2.75) is 12.7 Å². The van der Waals surface area contributed by atoms with Crippen LogP contribution in [0.5, 0.6) is 0 Å². The van der Waals surface area contributed by atoms with Crippen molar-refractivity contribution in [3.63, 3.8) is 0 Å². The Kier molecular flexibility index (Phi) is 4.07. The molecule has 0 radical (unpaired) electrons. The number of halogens is 3. The molecule has 0 atom stereocenters. The van der Waals surface area contributed by atoms with Gasteiger partial charge in [0.2, 0.25) is 11.7 Å². The monoisotopic (exact) mass is 314 g/mol. The average Bonchev–Trinajstić information content (AvgIpc) is 2.75. The van der Waals surface area contributed by atoms with Gasteiger partial charge < -0.3 is 4.90 Å². The molecule has 2 aromatic rings. The molecule has 0 fully saturated rings. The van der Waals surface area contributed by atoms with E-state index in [1.165, 1.54) is 11.9 Å². The Morgan fingerprint density at radius 1 is 1.27 bits per heavy atom. The highest BCUT2D eigenvalue weighted by atomic mass is 19.4. The van der Waals surface area contributed by atoms with Crippen molar-refractivity contribution in [2.75, 3.05) is 11.9 Å². The molecule has 0 bridgehead atoms. The van der Waals surface area contributed by atoms with Gasteiger partial charge in [0.1, 0.15) is 6.54 Å². The largest absolute Gasteiger partial charge is 0.451 e. The quantitative estimate of drug-likeness (QED) is 0.857. The van der Waals surface area contributed by atoms with Gasteiger partial charge in [0.15, 0.2) is 0 Å². The number of benzene rings is 1. The van der Waals surface area contributed by atoms with E-state index in [1.54, 1.807) is 30.3 Å². The summed E-state index contributed by atoms with van der Waals surface area (Å²) in [5.74, 6) is -1.90. The molecule has 22 heavy (non-hydrogen) atoms. The van der Waals surface area contributed by atoms with Crippen LogP contribution in [-0.2, 0) is 24.6 Å². The molecule has 6 nitrogen and oxygen atoms in total. The van der Waals surface area contributed by atoms with Crippen molar-refractivity contribution in [3.8, 4) is 0 Å². The van der Waals surface area contributed by atoms with Crippen LogP contribution < -0.4 is 10.6 Å². The van der Waals surface area contributed by atoms with Crippen molar-refractivity contribution in [3.05, 3.63) is 46.6 Å². The topological polar surface area (TPSA) is 60.1 Å². The summed E-state index contributed by atoms with van der Waals surface area (Å²) in [7, 11) is 2.43. The molecule has 0 aliphatic heterocycles. The van der Waals surface area contributed by atoms with Gasteiger partial charge in [-0.05, 0) is 12.1 Å². The second-order valence-corrected chi connectivity index (χ2v) is 4.61. The summed E-state index contributed by atoms with van der Waals surface area (Å²) >= 11 is 0. The number of alkyl halides is 3. The second kappa shape index (κ2) is 5.66. The first-order valence-corrected chi connectivity index (χ1v) is 6.24. The fourth-order valence-electron chi connectivity index (χ4n) is 1.87. The third-order valence-corrected chi connectivity index (χ3v) is 3.10. The zero-order valence-corrected chi connectivity index (χ0v) is 11.8. The molecule has 0 saturated carbocycles. The van der Waals surface area contributed by atoms with Crippen LogP contribution in [0.4, 0.5) is 18.9 Å². The molecule has 118 valence electrons. The molecule has 0 aliphatic rings. The van der Waals surface area contributed by atoms with Crippen molar-refractivity contribution in [1.82, 2.24) is 14.3 Å². The summed E-state index contributed by atoms with van der Waals surface area (Å²) in [6, 6.07) is 8.53. The van der Waals surface area contributed by atoms with Gasteiger partial charge in [-0.1, -0.05) is 18.2 Å². The molecule has 0 N–H and O–H groups in total. The molecule has 1 heterocycles. The van der Waals surface area contributed by atoms with E-state index in [0.29, 0.717) is 14.9 Å². The fraction of sp³-hybridized carbons (Fsp3) is 0.308. The first-order chi connectivity index (χ1) is 10.2. The molecular formula is C13H13F3N4O2. The third-order valence-electron chi connectivity index (χ3n) is 3.10. The number of aromatic nitrogens is 3. The van der Waals surface area contributed by atoms with Crippen LogP contribution in [0.3, 0.4) is 0 Å². The normalized spacial score (nSPS) is 11.5. The number of nitrogens with zero attached hydrogens (tertiary/aromatic N) is 4. The van der Waals surface area contributed by atoms with Crippen LogP contribution in [0.1, 0.15) is 5.82 Å². The average molecular weight is 314 g/mol. The Labute approximate surface area is 123 Å². The molecule has 9 heteroatoms. The number of amides is 1. The van der Waals surface area contributed by atoms with E-state index in [1.807, 2.05) is 0 Å². The zero-order valence-electron chi connectivity index (χ0n) is 11.8. The van der Waals surface area contributed by atoms with Gasteiger partial charge in [0, 0.05) is 19.8 Å². The summed E-state index contributed by atoms with van der Waals surface area (Å²) < 4.78 is 38.9. The first kappa shape index (κ1) is 15.8. The fourth-order valence-corrected chi connectivity index (χ4v) is 1.87. The Morgan fingerprint density at radius 3 is 2.36 bits per heavy atom. The van der Waals surface area contributed by atoms with Crippen LogP contribution in [0, 0.1) is 0 Å². The Bertz CT molecular complexity index is 734. The summed E-state index contributed by atoms with van der Waals surface area (Å²) in [6.45, 7) is -0.575. The lowest BCUT2D eigenvalue weighted by Gasteiger charge is -2.16. The van der Waals surface area contributed by atoms with Crippen molar-refractivity contribution >= 4 is 11.6 Å². The predicted molar refractivity (Wildman–Crippen MR) is 72.3 cm³/mol. The molecule has 0 unspecified atom stereocenters. The van der Waals surface area contributed by atoms with Gasteiger partial charge in [-0.25, -0.2) is 9.48 Å². The SMILES string of the molecule is CN(C(=O)Cn1nc(C(F)(F)F)n(C)c1=O)c1ccccc1. The van der Waals surface area contributed by atoms with E-state index in [2.05, 4.69) is 5.10 Å². The van der Waals surface area contributed by atoms with E-state index >= 15 is 0 Å². The minimum atomic E-state index is -4.76. The Hall–Kier alpha value is -2.58. The third kappa shape index (κ3) is 3.02. The maximum absolute atomic E-state index is 12.7. The van der Waals surface area contributed by atoms with Crippen molar-refractivity contribution in [1.29, 1.82) is 0 Å². The van der Waals surface area contributed by atoms with E-state index in [0.717, 1.165) is 7.05 Å². The number of carbonyl (C=O) groups excluding carboxylic acids is 1. The lowest BCUT2D eigenvalue weighted by atomic mass is 10.3. The van der Waals surface area contributed by atoms with Gasteiger partial charge in [0.25, 0.3) is 0 Å². The number of anilines is 1. The number of carbonyl (C=O) groups is 1. The van der Waals surface area contributed by atoms with E-state index in [9.17, 15) is 22.8 Å². The van der Waals surface area contributed by atoms with Gasteiger partial charge >= 0.3 is 11.9 Å². The Morgan fingerprint density at radius 2 is 1.86 bits per heavy atom. The van der Waals surface area contributed by atoms with Crippen LogP contribution in [0.25, 0.3) is 0 Å². The highest BCUT2D eigenvalue weighted by Crippen LogP contribution is 2.26. The summed E-state index contributed by atoms with van der Waals surface area (Å²) in [5.41, 5.74) is -0.435. The van der Waals surface area contributed by atoms with E-state index < -0.39 is 30.1 Å². The molecule has 1 aromatic heterocycles. The predicted octanol–water partition coefficient (Wildman–Crippen LogP) is 1.26. The van der Waals surface area contributed by atoms with Gasteiger partial charge in [0.05, 0.1) is 0 Å². The van der Waals surface area contributed by atoms with Crippen LogP contribution in [-0.4, -0.2) is 27.3 Å². The standard InChI is InChI=1S/C13H13F3N4O2/c1-18(9-6-4-3-5-7-9)10(21)8-20-12(22)19(2)11(17-20)13(14,15)16/h3-7H,8H2,1-2H3. The number of likely N-dealkylation sites (N-methyl/N-ethyl adjacent to an activating group) is 1. The maximum atomic E-state index is 12.7. The number of hydrogen-bond acceptors (Lipinski definition) is 3. The summed E-state index contributed by atoms with van der Waals surface area (Å²) in [5, 5.41) is 3.19. The number of para-hydroxylation sites is 1. The summed E-state index contributed by atoms with van der Waals surface area (Å²) in [4.78, 5) is 25.0.